The molecule has 2 aliphatic heterocycles. The van der Waals surface area contributed by atoms with Crippen molar-refractivity contribution >= 4 is 27.8 Å². The van der Waals surface area contributed by atoms with Gasteiger partial charge in [-0.2, -0.15) is 13.2 Å². The lowest BCUT2D eigenvalue weighted by Gasteiger charge is -2.40. The van der Waals surface area contributed by atoms with Crippen LogP contribution in [0.5, 0.6) is 0 Å². The predicted molar refractivity (Wildman–Crippen MR) is 130 cm³/mol. The number of esters is 1. The second kappa shape index (κ2) is 11.2. The number of halogens is 3. The standard InChI is InChI=1S/C25H32F3N3O6S/c1-37-24(34)18-12-20(13-18)38(35,36)30-10-2-4-17(15-30)23(33)31-11-3-5-21(31)22(32)29-14-16-6-8-19(9-7-16)25(26,27)28/h6-9,17-18,20-21H,2-5,10-15H2,1H3,(H,29,32)/t17-,18-,20-,21+/m0/s1. The molecule has 2 saturated heterocycles. The molecule has 0 radical (unpaired) electrons. The zero-order valence-electron chi connectivity index (χ0n) is 21.1. The number of alkyl halides is 3. The van der Waals surface area contributed by atoms with Crippen LogP contribution in [0.4, 0.5) is 13.2 Å². The van der Waals surface area contributed by atoms with E-state index in [-0.39, 0.29) is 37.7 Å². The van der Waals surface area contributed by atoms with E-state index < -0.39 is 50.9 Å². The van der Waals surface area contributed by atoms with Gasteiger partial charge in [-0.25, -0.2) is 12.7 Å². The van der Waals surface area contributed by atoms with Crippen LogP contribution in [0.1, 0.15) is 49.7 Å². The highest BCUT2D eigenvalue weighted by molar-refractivity contribution is 7.89. The summed E-state index contributed by atoms with van der Waals surface area (Å²) in [5.41, 5.74) is -0.273. The van der Waals surface area contributed by atoms with E-state index >= 15 is 0 Å². The highest BCUT2D eigenvalue weighted by atomic mass is 32.2. The summed E-state index contributed by atoms with van der Waals surface area (Å²) in [6.07, 6.45) is -1.93. The van der Waals surface area contributed by atoms with Crippen molar-refractivity contribution in [2.75, 3.05) is 26.7 Å². The van der Waals surface area contributed by atoms with Crippen LogP contribution in [0, 0.1) is 11.8 Å². The first-order valence-electron chi connectivity index (χ1n) is 12.7. The summed E-state index contributed by atoms with van der Waals surface area (Å²) in [6.45, 7) is 0.752. The van der Waals surface area contributed by atoms with E-state index in [9.17, 15) is 36.0 Å². The molecule has 4 rings (SSSR count). The summed E-state index contributed by atoms with van der Waals surface area (Å²) < 4.78 is 70.5. The van der Waals surface area contributed by atoms with Gasteiger partial charge in [0, 0.05) is 26.2 Å². The third-order valence-corrected chi connectivity index (χ3v) is 10.0. The number of hydrogen-bond acceptors (Lipinski definition) is 6. The molecule has 1 aromatic carbocycles. The molecule has 1 aromatic rings. The molecule has 210 valence electrons. The van der Waals surface area contributed by atoms with Gasteiger partial charge in [-0.3, -0.25) is 14.4 Å². The van der Waals surface area contributed by atoms with Crippen LogP contribution in [0.2, 0.25) is 0 Å². The Kier molecular flexibility index (Phi) is 8.36. The molecule has 2 amide bonds. The lowest BCUT2D eigenvalue weighted by Crippen LogP contribution is -2.54. The molecule has 1 saturated carbocycles. The van der Waals surface area contributed by atoms with Gasteiger partial charge >= 0.3 is 12.1 Å². The van der Waals surface area contributed by atoms with E-state index in [2.05, 4.69) is 10.1 Å². The first-order chi connectivity index (χ1) is 17.9. The molecule has 3 aliphatic rings. The summed E-state index contributed by atoms with van der Waals surface area (Å²) in [7, 11) is -2.40. The van der Waals surface area contributed by atoms with Crippen molar-refractivity contribution in [1.82, 2.24) is 14.5 Å². The number of rotatable bonds is 7. The van der Waals surface area contributed by atoms with Gasteiger partial charge in [0.15, 0.2) is 0 Å². The monoisotopic (exact) mass is 559 g/mol. The van der Waals surface area contributed by atoms with Crippen LogP contribution in [0.25, 0.3) is 0 Å². The summed E-state index contributed by atoms with van der Waals surface area (Å²) in [5.74, 6) is -2.07. The molecule has 0 aromatic heterocycles. The topological polar surface area (TPSA) is 113 Å². The van der Waals surface area contributed by atoms with Crippen LogP contribution in [-0.4, -0.2) is 73.4 Å². The van der Waals surface area contributed by atoms with Crippen LogP contribution in [0.3, 0.4) is 0 Å². The molecule has 2 heterocycles. The summed E-state index contributed by atoms with van der Waals surface area (Å²) in [6, 6.07) is 3.79. The lowest BCUT2D eigenvalue weighted by atomic mass is 9.85. The van der Waals surface area contributed by atoms with E-state index in [0.29, 0.717) is 44.3 Å². The maximum Gasteiger partial charge on any atom is 0.416 e. The minimum absolute atomic E-state index is 0.0267. The van der Waals surface area contributed by atoms with Gasteiger partial charge in [-0.05, 0) is 56.2 Å². The summed E-state index contributed by atoms with van der Waals surface area (Å²) in [4.78, 5) is 39.4. The Hall–Kier alpha value is -2.67. The number of nitrogens with zero attached hydrogens (tertiary/aromatic N) is 2. The first-order valence-corrected chi connectivity index (χ1v) is 14.2. The Morgan fingerprint density at radius 3 is 2.32 bits per heavy atom. The Labute approximate surface area is 219 Å². The maximum absolute atomic E-state index is 13.4. The number of amides is 2. The number of ether oxygens (including phenoxy) is 1. The van der Waals surface area contributed by atoms with Crippen molar-refractivity contribution in [2.45, 2.75) is 62.5 Å². The van der Waals surface area contributed by atoms with Crippen LogP contribution in [-0.2, 0) is 41.9 Å². The predicted octanol–water partition coefficient (Wildman–Crippen LogP) is 2.31. The zero-order valence-corrected chi connectivity index (χ0v) is 21.9. The van der Waals surface area contributed by atoms with Crippen LogP contribution >= 0.6 is 0 Å². The zero-order chi connectivity index (χ0) is 27.7. The van der Waals surface area contributed by atoms with Crippen molar-refractivity contribution in [3.8, 4) is 0 Å². The van der Waals surface area contributed by atoms with Crippen molar-refractivity contribution in [3.05, 3.63) is 35.4 Å². The Morgan fingerprint density at radius 2 is 1.68 bits per heavy atom. The van der Waals surface area contributed by atoms with Gasteiger partial charge in [0.1, 0.15) is 6.04 Å². The van der Waals surface area contributed by atoms with Crippen molar-refractivity contribution in [2.24, 2.45) is 11.8 Å². The van der Waals surface area contributed by atoms with Gasteiger partial charge < -0.3 is 15.0 Å². The summed E-state index contributed by atoms with van der Waals surface area (Å²) >= 11 is 0. The normalized spacial score (nSPS) is 26.5. The Morgan fingerprint density at radius 1 is 1.03 bits per heavy atom. The highest BCUT2D eigenvalue weighted by Gasteiger charge is 2.47. The molecule has 2 atom stereocenters. The van der Waals surface area contributed by atoms with Crippen LogP contribution < -0.4 is 5.32 Å². The van der Waals surface area contributed by atoms with Crippen molar-refractivity contribution in [3.63, 3.8) is 0 Å². The fourth-order valence-corrected chi connectivity index (χ4v) is 7.55. The van der Waals surface area contributed by atoms with Gasteiger partial charge in [0.05, 0.1) is 29.8 Å². The average Bonchev–Trinajstić information content (AvgIpc) is 3.35. The number of benzene rings is 1. The van der Waals surface area contributed by atoms with Gasteiger partial charge in [-0.15, -0.1) is 0 Å². The van der Waals surface area contributed by atoms with E-state index in [1.165, 1.54) is 28.4 Å². The molecule has 0 bridgehead atoms. The molecule has 1 aliphatic carbocycles. The van der Waals surface area contributed by atoms with Gasteiger partial charge in [0.2, 0.25) is 21.8 Å². The minimum atomic E-state index is -4.44. The van der Waals surface area contributed by atoms with Gasteiger partial charge in [-0.1, -0.05) is 12.1 Å². The van der Waals surface area contributed by atoms with Crippen molar-refractivity contribution in [1.29, 1.82) is 0 Å². The number of nitrogens with one attached hydrogen (secondary N) is 1. The maximum atomic E-state index is 13.4. The molecule has 1 N–H and O–H groups in total. The smallest absolute Gasteiger partial charge is 0.416 e. The molecule has 38 heavy (non-hydrogen) atoms. The van der Waals surface area contributed by atoms with E-state index in [4.69, 9.17) is 0 Å². The number of carbonyl (C=O) groups excluding carboxylic acids is 3. The Balaban J connectivity index is 1.33. The van der Waals surface area contributed by atoms with E-state index in [0.717, 1.165) is 12.1 Å². The van der Waals surface area contributed by atoms with E-state index in [1.54, 1.807) is 0 Å². The Bertz CT molecular complexity index is 1150. The third kappa shape index (κ3) is 5.98. The fourth-order valence-electron chi connectivity index (χ4n) is 5.41. The number of hydrogen-bond donors (Lipinski definition) is 1. The molecular weight excluding hydrogens is 527 g/mol. The number of likely N-dealkylation sites (tertiary alicyclic amines) is 1. The third-order valence-electron chi connectivity index (χ3n) is 7.73. The second-order valence-electron chi connectivity index (χ2n) is 10.2. The SMILES string of the molecule is COC(=O)[C@H]1C[C@H](S(=O)(=O)N2CCC[C@H](C(=O)N3CCC[C@@H]3C(=O)NCc3ccc(C(F)(F)F)cc3)C2)C1. The number of sulfonamides is 1. The number of piperidine rings is 1. The minimum Gasteiger partial charge on any atom is -0.469 e. The van der Waals surface area contributed by atoms with E-state index in [1.807, 2.05) is 0 Å². The molecular formula is C25H32F3N3O6S. The number of carbonyl (C=O) groups is 3. The molecule has 0 spiro atoms. The number of methoxy groups -OCH3 is 1. The first kappa shape index (κ1) is 28.3. The van der Waals surface area contributed by atoms with Gasteiger partial charge in [0.25, 0.3) is 0 Å². The van der Waals surface area contributed by atoms with Crippen LogP contribution in [0.15, 0.2) is 24.3 Å². The molecule has 3 fully saturated rings. The summed E-state index contributed by atoms with van der Waals surface area (Å²) in [5, 5.41) is 2.04. The molecule has 9 nitrogen and oxygen atoms in total. The second-order valence-corrected chi connectivity index (χ2v) is 12.4. The molecule has 0 unspecified atom stereocenters. The largest absolute Gasteiger partial charge is 0.469 e. The quantitative estimate of drug-likeness (QED) is 0.513. The lowest BCUT2D eigenvalue weighted by molar-refractivity contribution is -0.148. The highest BCUT2D eigenvalue weighted by Crippen LogP contribution is 2.37. The fraction of sp³-hybridized carbons (Fsp3) is 0.640. The average molecular weight is 560 g/mol. The van der Waals surface area contributed by atoms with Crippen molar-refractivity contribution < 1.29 is 40.7 Å². The molecule has 13 heteroatoms.